The van der Waals surface area contributed by atoms with Crippen LogP contribution in [0.4, 0.5) is 5.82 Å². The fraction of sp³-hybridized carbons (Fsp3) is 0.692. The fourth-order valence-corrected chi connectivity index (χ4v) is 2.44. The van der Waals surface area contributed by atoms with Crippen LogP contribution in [0.25, 0.3) is 0 Å². The van der Waals surface area contributed by atoms with E-state index < -0.39 is 0 Å². The van der Waals surface area contributed by atoms with Gasteiger partial charge in [-0.2, -0.15) is 5.10 Å². The Hall–Kier alpha value is -1.20. The molecule has 1 saturated heterocycles. The number of piperidine rings is 1. The molecule has 2 rings (SSSR count). The van der Waals surface area contributed by atoms with Crippen LogP contribution in [0.15, 0.2) is 12.1 Å². The summed E-state index contributed by atoms with van der Waals surface area (Å²) >= 11 is 0. The van der Waals surface area contributed by atoms with E-state index in [4.69, 9.17) is 5.11 Å². The zero-order valence-electron chi connectivity index (χ0n) is 11.2. The maximum absolute atomic E-state index is 8.95. The quantitative estimate of drug-likeness (QED) is 0.860. The molecule has 5 heteroatoms. The first-order valence-corrected chi connectivity index (χ1v) is 6.63. The van der Waals surface area contributed by atoms with Crippen molar-refractivity contribution >= 4 is 5.82 Å². The average Bonchev–Trinajstić information content (AvgIpc) is 2.47. The van der Waals surface area contributed by atoms with Gasteiger partial charge in [-0.1, -0.05) is 6.92 Å². The van der Waals surface area contributed by atoms with E-state index in [9.17, 15) is 0 Å². The molecule has 5 nitrogen and oxygen atoms in total. The number of anilines is 1. The Labute approximate surface area is 108 Å². The maximum atomic E-state index is 8.95. The van der Waals surface area contributed by atoms with E-state index in [1.807, 2.05) is 12.1 Å². The normalized spacial score (nSPS) is 17.9. The third-order valence-electron chi connectivity index (χ3n) is 3.78. The number of likely N-dealkylation sites (tertiary alicyclic amines) is 1. The second-order valence-electron chi connectivity index (χ2n) is 4.82. The van der Waals surface area contributed by atoms with Crippen LogP contribution in [-0.2, 0) is 6.61 Å². The first-order chi connectivity index (χ1) is 8.74. The molecule has 0 radical (unpaired) electrons. The van der Waals surface area contributed by atoms with Crippen molar-refractivity contribution in [3.8, 4) is 0 Å². The number of rotatable bonds is 4. The minimum Gasteiger partial charge on any atom is -0.390 e. The van der Waals surface area contributed by atoms with Gasteiger partial charge in [-0.05, 0) is 31.5 Å². The molecule has 0 spiro atoms. The third kappa shape index (κ3) is 2.97. The summed E-state index contributed by atoms with van der Waals surface area (Å²) in [5, 5.41) is 17.1. The monoisotopic (exact) mass is 250 g/mol. The molecular weight excluding hydrogens is 228 g/mol. The molecule has 1 fully saturated rings. The minimum atomic E-state index is -0.0497. The number of nitrogens with zero attached hydrogens (tertiary/aromatic N) is 4. The number of aromatic nitrogens is 2. The lowest BCUT2D eigenvalue weighted by Crippen LogP contribution is -2.43. The topological polar surface area (TPSA) is 52.5 Å². The predicted molar refractivity (Wildman–Crippen MR) is 71.5 cm³/mol. The molecule has 1 aliphatic rings. The SMILES string of the molecule is CCN1CCC(N(C)c2ccc(CO)nn2)CC1. The van der Waals surface area contributed by atoms with Gasteiger partial charge in [0.2, 0.25) is 0 Å². The highest BCUT2D eigenvalue weighted by Crippen LogP contribution is 2.19. The molecule has 0 aromatic carbocycles. The average molecular weight is 250 g/mol. The second kappa shape index (κ2) is 6.11. The highest BCUT2D eigenvalue weighted by atomic mass is 16.3. The van der Waals surface area contributed by atoms with Crippen molar-refractivity contribution in [2.24, 2.45) is 0 Å². The summed E-state index contributed by atoms with van der Waals surface area (Å²) in [4.78, 5) is 4.69. The number of aliphatic hydroxyl groups is 1. The second-order valence-corrected chi connectivity index (χ2v) is 4.82. The van der Waals surface area contributed by atoms with E-state index in [2.05, 4.69) is 34.0 Å². The summed E-state index contributed by atoms with van der Waals surface area (Å²) in [5.74, 6) is 0.891. The van der Waals surface area contributed by atoms with Gasteiger partial charge in [-0.3, -0.25) is 0 Å². The molecule has 0 atom stereocenters. The van der Waals surface area contributed by atoms with Gasteiger partial charge in [0.05, 0.1) is 12.3 Å². The van der Waals surface area contributed by atoms with Crippen LogP contribution in [0.5, 0.6) is 0 Å². The summed E-state index contributed by atoms with van der Waals surface area (Å²) < 4.78 is 0. The predicted octanol–water partition coefficient (Wildman–Crippen LogP) is 0.889. The van der Waals surface area contributed by atoms with Crippen molar-refractivity contribution in [1.82, 2.24) is 15.1 Å². The van der Waals surface area contributed by atoms with Crippen LogP contribution in [0.1, 0.15) is 25.5 Å². The van der Waals surface area contributed by atoms with Crippen molar-refractivity contribution in [2.45, 2.75) is 32.4 Å². The molecule has 1 N–H and O–H groups in total. The largest absolute Gasteiger partial charge is 0.390 e. The van der Waals surface area contributed by atoms with Crippen molar-refractivity contribution in [2.75, 3.05) is 31.6 Å². The summed E-state index contributed by atoms with van der Waals surface area (Å²) in [6.07, 6.45) is 2.35. The molecule has 0 bridgehead atoms. The van der Waals surface area contributed by atoms with Gasteiger partial charge in [0.25, 0.3) is 0 Å². The standard InChI is InChI=1S/C13H22N4O/c1-3-17-8-6-12(7-9-17)16(2)13-5-4-11(10-18)14-15-13/h4-5,12,18H,3,6-10H2,1-2H3. The van der Waals surface area contributed by atoms with Crippen molar-refractivity contribution in [1.29, 1.82) is 0 Å². The Morgan fingerprint density at radius 2 is 2.06 bits per heavy atom. The molecule has 1 aliphatic heterocycles. The lowest BCUT2D eigenvalue weighted by Gasteiger charge is -2.36. The Morgan fingerprint density at radius 1 is 1.33 bits per heavy atom. The van der Waals surface area contributed by atoms with E-state index in [0.717, 1.165) is 25.5 Å². The van der Waals surface area contributed by atoms with E-state index >= 15 is 0 Å². The van der Waals surface area contributed by atoms with Crippen LogP contribution in [-0.4, -0.2) is 52.9 Å². The minimum absolute atomic E-state index is 0.0497. The lowest BCUT2D eigenvalue weighted by molar-refractivity contribution is 0.220. The van der Waals surface area contributed by atoms with Crippen LogP contribution in [0.2, 0.25) is 0 Å². The van der Waals surface area contributed by atoms with Gasteiger partial charge in [-0.25, -0.2) is 0 Å². The third-order valence-corrected chi connectivity index (χ3v) is 3.78. The van der Waals surface area contributed by atoms with Gasteiger partial charge >= 0.3 is 0 Å². The Kier molecular flexibility index (Phi) is 4.49. The van der Waals surface area contributed by atoms with E-state index in [1.165, 1.54) is 12.8 Å². The van der Waals surface area contributed by atoms with Crippen LogP contribution < -0.4 is 4.90 Å². The fourth-order valence-electron chi connectivity index (χ4n) is 2.44. The molecule has 1 aromatic rings. The van der Waals surface area contributed by atoms with Gasteiger partial charge in [-0.15, -0.1) is 5.10 Å². The van der Waals surface area contributed by atoms with Gasteiger partial charge < -0.3 is 14.9 Å². The number of hydrogen-bond acceptors (Lipinski definition) is 5. The molecule has 0 saturated carbocycles. The summed E-state index contributed by atoms with van der Waals surface area (Å²) in [6.45, 7) is 5.62. The summed E-state index contributed by atoms with van der Waals surface area (Å²) in [5.41, 5.74) is 0.618. The smallest absolute Gasteiger partial charge is 0.151 e. The molecule has 0 unspecified atom stereocenters. The maximum Gasteiger partial charge on any atom is 0.151 e. The van der Waals surface area contributed by atoms with Gasteiger partial charge in [0.1, 0.15) is 0 Å². The van der Waals surface area contributed by atoms with Crippen molar-refractivity contribution in [3.05, 3.63) is 17.8 Å². The molecule has 0 aliphatic carbocycles. The van der Waals surface area contributed by atoms with Gasteiger partial charge in [0, 0.05) is 26.2 Å². The Morgan fingerprint density at radius 3 is 2.56 bits per heavy atom. The lowest BCUT2D eigenvalue weighted by atomic mass is 10.0. The Balaban J connectivity index is 1.96. The zero-order chi connectivity index (χ0) is 13.0. The van der Waals surface area contributed by atoms with E-state index in [1.54, 1.807) is 0 Å². The van der Waals surface area contributed by atoms with Crippen LogP contribution in [0.3, 0.4) is 0 Å². The highest BCUT2D eigenvalue weighted by molar-refractivity contribution is 5.37. The molecule has 0 amide bonds. The molecule has 18 heavy (non-hydrogen) atoms. The molecular formula is C13H22N4O. The number of hydrogen-bond donors (Lipinski definition) is 1. The first kappa shape index (κ1) is 13.2. The van der Waals surface area contributed by atoms with E-state index in [0.29, 0.717) is 11.7 Å². The van der Waals surface area contributed by atoms with Crippen molar-refractivity contribution in [3.63, 3.8) is 0 Å². The molecule has 1 aromatic heterocycles. The number of aliphatic hydroxyl groups excluding tert-OH is 1. The van der Waals surface area contributed by atoms with Gasteiger partial charge in [0.15, 0.2) is 5.82 Å². The van der Waals surface area contributed by atoms with Crippen LogP contribution >= 0.6 is 0 Å². The summed E-state index contributed by atoms with van der Waals surface area (Å²) in [7, 11) is 2.08. The molecule has 100 valence electrons. The van der Waals surface area contributed by atoms with E-state index in [-0.39, 0.29) is 6.61 Å². The molecule has 2 heterocycles. The van der Waals surface area contributed by atoms with Crippen molar-refractivity contribution < 1.29 is 5.11 Å². The Bertz CT molecular complexity index is 360. The highest BCUT2D eigenvalue weighted by Gasteiger charge is 2.22. The van der Waals surface area contributed by atoms with Crippen LogP contribution in [0, 0.1) is 0 Å². The zero-order valence-corrected chi connectivity index (χ0v) is 11.2. The first-order valence-electron chi connectivity index (χ1n) is 6.63. The summed E-state index contributed by atoms with van der Waals surface area (Å²) in [6, 6.07) is 4.31.